The van der Waals surface area contributed by atoms with Gasteiger partial charge in [-0.1, -0.05) is 6.07 Å². The van der Waals surface area contributed by atoms with Crippen LogP contribution >= 0.6 is 0 Å². The van der Waals surface area contributed by atoms with E-state index in [2.05, 4.69) is 10.3 Å². The topological polar surface area (TPSA) is 70.9 Å². The van der Waals surface area contributed by atoms with Crippen molar-refractivity contribution in [1.82, 2.24) is 10.3 Å². The molecule has 0 fully saturated rings. The van der Waals surface area contributed by atoms with E-state index < -0.39 is 5.54 Å². The summed E-state index contributed by atoms with van der Waals surface area (Å²) in [6, 6.07) is 6.19. The minimum absolute atomic E-state index is 0.288. The van der Waals surface area contributed by atoms with E-state index in [0.717, 1.165) is 0 Å². The number of aromatic nitrogens is 1. The van der Waals surface area contributed by atoms with Crippen LogP contribution in [0.5, 0.6) is 0 Å². The fourth-order valence-corrected chi connectivity index (χ4v) is 1.64. The van der Waals surface area contributed by atoms with Crippen LogP contribution in [0.3, 0.4) is 0 Å². The maximum absolute atomic E-state index is 13.5. The highest BCUT2D eigenvalue weighted by molar-refractivity contribution is 5.98. The van der Waals surface area contributed by atoms with Crippen molar-refractivity contribution < 1.29 is 9.18 Å². The number of carbonyl (C=O) groups excluding carboxylic acids is 1. The molecule has 0 bridgehead atoms. The molecule has 1 aromatic carbocycles. The number of hydrogen-bond acceptors (Lipinski definition) is 2. The zero-order valence-corrected chi connectivity index (χ0v) is 10.4. The number of hydrogen-bond donors (Lipinski definition) is 3. The molecule has 1 amide bonds. The zero-order valence-electron chi connectivity index (χ0n) is 10.4. The molecule has 0 aliphatic carbocycles. The third kappa shape index (κ3) is 2.68. The average Bonchev–Trinajstić information content (AvgIpc) is 2.70. The SMILES string of the molecule is CC(C)(N)CNC(=O)c1cc2c(F)cccc2[nH]1. The highest BCUT2D eigenvalue weighted by Crippen LogP contribution is 2.18. The number of benzene rings is 1. The predicted octanol–water partition coefficient (Wildman–Crippen LogP) is 1.77. The second kappa shape index (κ2) is 4.42. The minimum atomic E-state index is -0.479. The molecule has 0 radical (unpaired) electrons. The predicted molar refractivity (Wildman–Crippen MR) is 68.9 cm³/mol. The van der Waals surface area contributed by atoms with Gasteiger partial charge >= 0.3 is 0 Å². The number of nitrogens with one attached hydrogen (secondary N) is 2. The molecule has 0 aliphatic heterocycles. The van der Waals surface area contributed by atoms with E-state index in [1.807, 2.05) is 13.8 Å². The standard InChI is InChI=1S/C13H16FN3O/c1-13(2,15)7-16-12(18)11-6-8-9(14)4-3-5-10(8)17-11/h3-6,17H,7,15H2,1-2H3,(H,16,18). The average molecular weight is 249 g/mol. The third-order valence-corrected chi connectivity index (χ3v) is 2.56. The molecular formula is C13H16FN3O. The highest BCUT2D eigenvalue weighted by atomic mass is 19.1. The molecule has 2 aromatic rings. The van der Waals surface area contributed by atoms with Crippen molar-refractivity contribution >= 4 is 16.8 Å². The second-order valence-electron chi connectivity index (χ2n) is 5.06. The molecule has 96 valence electrons. The summed E-state index contributed by atoms with van der Waals surface area (Å²) in [6.07, 6.45) is 0. The van der Waals surface area contributed by atoms with Gasteiger partial charge in [-0.3, -0.25) is 4.79 Å². The Hall–Kier alpha value is -1.88. The van der Waals surface area contributed by atoms with Crippen molar-refractivity contribution in [2.75, 3.05) is 6.54 Å². The van der Waals surface area contributed by atoms with E-state index in [1.54, 1.807) is 12.1 Å². The number of fused-ring (bicyclic) bond motifs is 1. The largest absolute Gasteiger partial charge is 0.350 e. The van der Waals surface area contributed by atoms with E-state index >= 15 is 0 Å². The van der Waals surface area contributed by atoms with Gasteiger partial charge in [-0.2, -0.15) is 0 Å². The van der Waals surface area contributed by atoms with Crippen LogP contribution in [0, 0.1) is 5.82 Å². The Kier molecular flexibility index (Phi) is 3.09. The summed E-state index contributed by atoms with van der Waals surface area (Å²) in [6.45, 7) is 3.99. The van der Waals surface area contributed by atoms with Gasteiger partial charge in [-0.15, -0.1) is 0 Å². The molecule has 0 unspecified atom stereocenters. The van der Waals surface area contributed by atoms with Gasteiger partial charge in [0, 0.05) is 23.0 Å². The molecule has 18 heavy (non-hydrogen) atoms. The van der Waals surface area contributed by atoms with Crippen molar-refractivity contribution in [3.63, 3.8) is 0 Å². The summed E-state index contributed by atoms with van der Waals surface area (Å²) in [7, 11) is 0. The van der Waals surface area contributed by atoms with E-state index in [9.17, 15) is 9.18 Å². The molecule has 0 aliphatic rings. The van der Waals surface area contributed by atoms with Gasteiger partial charge in [0.1, 0.15) is 11.5 Å². The van der Waals surface area contributed by atoms with Crippen molar-refractivity contribution in [1.29, 1.82) is 0 Å². The number of carbonyl (C=O) groups is 1. The number of H-pyrrole nitrogens is 1. The Bertz CT molecular complexity index is 583. The van der Waals surface area contributed by atoms with Gasteiger partial charge in [-0.05, 0) is 32.0 Å². The molecule has 0 saturated carbocycles. The monoisotopic (exact) mass is 249 g/mol. The second-order valence-corrected chi connectivity index (χ2v) is 5.06. The number of nitrogens with two attached hydrogens (primary N) is 1. The van der Waals surface area contributed by atoms with E-state index in [0.29, 0.717) is 23.1 Å². The van der Waals surface area contributed by atoms with Gasteiger partial charge in [0.2, 0.25) is 0 Å². The molecule has 5 heteroatoms. The Morgan fingerprint density at radius 1 is 1.50 bits per heavy atom. The molecule has 1 heterocycles. The quantitative estimate of drug-likeness (QED) is 0.775. The molecular weight excluding hydrogens is 233 g/mol. The van der Waals surface area contributed by atoms with Crippen LogP contribution in [0.15, 0.2) is 24.3 Å². The van der Waals surface area contributed by atoms with Crippen LogP contribution in [-0.4, -0.2) is 23.0 Å². The lowest BCUT2D eigenvalue weighted by molar-refractivity contribution is 0.0942. The fraction of sp³-hybridized carbons (Fsp3) is 0.308. The summed E-state index contributed by atoms with van der Waals surface area (Å²) in [5.41, 5.74) is 6.23. The normalized spacial score (nSPS) is 11.8. The van der Waals surface area contributed by atoms with Crippen LogP contribution in [0.1, 0.15) is 24.3 Å². The van der Waals surface area contributed by atoms with Gasteiger partial charge in [0.25, 0.3) is 5.91 Å². The van der Waals surface area contributed by atoms with Crippen molar-refractivity contribution in [2.45, 2.75) is 19.4 Å². The van der Waals surface area contributed by atoms with E-state index in [1.165, 1.54) is 12.1 Å². The first kappa shape index (κ1) is 12.6. The smallest absolute Gasteiger partial charge is 0.267 e. The number of aromatic amines is 1. The Morgan fingerprint density at radius 2 is 2.22 bits per heavy atom. The summed E-state index contributed by atoms with van der Waals surface area (Å²) < 4.78 is 13.5. The van der Waals surface area contributed by atoms with Crippen LogP contribution in [0.2, 0.25) is 0 Å². The van der Waals surface area contributed by atoms with E-state index in [-0.39, 0.29) is 11.7 Å². The molecule has 0 saturated heterocycles. The third-order valence-electron chi connectivity index (χ3n) is 2.56. The van der Waals surface area contributed by atoms with Crippen LogP contribution in [-0.2, 0) is 0 Å². The van der Waals surface area contributed by atoms with Crippen LogP contribution in [0.4, 0.5) is 4.39 Å². The van der Waals surface area contributed by atoms with Crippen LogP contribution in [0.25, 0.3) is 10.9 Å². The van der Waals surface area contributed by atoms with Crippen LogP contribution < -0.4 is 11.1 Å². The molecule has 4 nitrogen and oxygen atoms in total. The molecule has 0 spiro atoms. The van der Waals surface area contributed by atoms with Crippen molar-refractivity contribution in [3.8, 4) is 0 Å². The minimum Gasteiger partial charge on any atom is -0.350 e. The first-order valence-corrected chi connectivity index (χ1v) is 5.71. The Balaban J connectivity index is 2.21. The van der Waals surface area contributed by atoms with Crippen molar-refractivity contribution in [2.24, 2.45) is 5.73 Å². The van der Waals surface area contributed by atoms with E-state index in [4.69, 9.17) is 5.73 Å². The summed E-state index contributed by atoms with van der Waals surface area (Å²) in [5.74, 6) is -0.633. The lowest BCUT2D eigenvalue weighted by Crippen LogP contribution is -2.45. The van der Waals surface area contributed by atoms with Gasteiger partial charge in [-0.25, -0.2) is 4.39 Å². The number of rotatable bonds is 3. The molecule has 2 rings (SSSR count). The lowest BCUT2D eigenvalue weighted by atomic mass is 10.1. The van der Waals surface area contributed by atoms with Gasteiger partial charge < -0.3 is 16.0 Å². The Morgan fingerprint density at radius 3 is 2.83 bits per heavy atom. The maximum Gasteiger partial charge on any atom is 0.267 e. The van der Waals surface area contributed by atoms with Crippen molar-refractivity contribution in [3.05, 3.63) is 35.8 Å². The highest BCUT2D eigenvalue weighted by Gasteiger charge is 2.15. The zero-order chi connectivity index (χ0) is 13.3. The van der Waals surface area contributed by atoms with Gasteiger partial charge in [0.05, 0.1) is 0 Å². The Labute approximate surface area is 104 Å². The summed E-state index contributed by atoms with van der Waals surface area (Å²) in [5, 5.41) is 3.11. The molecule has 0 atom stereocenters. The fourth-order valence-electron chi connectivity index (χ4n) is 1.64. The first-order valence-electron chi connectivity index (χ1n) is 5.71. The number of amides is 1. The summed E-state index contributed by atoms with van der Waals surface area (Å²) in [4.78, 5) is 14.7. The first-order chi connectivity index (χ1) is 8.37. The lowest BCUT2D eigenvalue weighted by Gasteiger charge is -2.18. The molecule has 4 N–H and O–H groups in total. The maximum atomic E-state index is 13.5. The number of halogens is 1. The summed E-state index contributed by atoms with van der Waals surface area (Å²) >= 11 is 0. The molecule has 1 aromatic heterocycles. The van der Waals surface area contributed by atoms with Gasteiger partial charge in [0.15, 0.2) is 0 Å².